The Labute approximate surface area is 154 Å². The molecule has 1 aliphatic rings. The number of carbonyl (C=O) groups excluding carboxylic acids is 1. The monoisotopic (exact) mass is 372 g/mol. The third kappa shape index (κ3) is 3.40. The van der Waals surface area contributed by atoms with Crippen molar-refractivity contribution in [2.45, 2.75) is 25.8 Å². The number of aryl methyl sites for hydroxylation is 1. The van der Waals surface area contributed by atoms with Gasteiger partial charge in [-0.05, 0) is 37.5 Å². The number of piperidine rings is 1. The summed E-state index contributed by atoms with van der Waals surface area (Å²) in [7, 11) is 0. The van der Waals surface area contributed by atoms with Gasteiger partial charge >= 0.3 is 0 Å². The van der Waals surface area contributed by atoms with Gasteiger partial charge in [0.1, 0.15) is 4.83 Å². The zero-order valence-electron chi connectivity index (χ0n) is 14.0. The van der Waals surface area contributed by atoms with Crippen LogP contribution in [0, 0.1) is 6.92 Å². The number of nitrogens with zero attached hydrogens (tertiary/aromatic N) is 2. The molecular formula is C18H20N4OS2. The van der Waals surface area contributed by atoms with Gasteiger partial charge in [0, 0.05) is 24.8 Å². The Morgan fingerprint density at radius 2 is 2.20 bits per heavy atom. The van der Waals surface area contributed by atoms with Crippen LogP contribution in [-0.2, 0) is 0 Å². The van der Waals surface area contributed by atoms with Gasteiger partial charge in [-0.1, -0.05) is 29.5 Å². The lowest BCUT2D eigenvalue weighted by Crippen LogP contribution is -2.45. The van der Waals surface area contributed by atoms with Crippen molar-refractivity contribution in [3.05, 3.63) is 40.8 Å². The maximum Gasteiger partial charge on any atom is 0.264 e. The fourth-order valence-corrected chi connectivity index (χ4v) is 5.17. The lowest BCUT2D eigenvalue weighted by molar-refractivity contribution is 0.0714. The number of benzene rings is 1. The van der Waals surface area contributed by atoms with Crippen molar-refractivity contribution in [3.8, 4) is 0 Å². The van der Waals surface area contributed by atoms with Crippen LogP contribution in [0.25, 0.3) is 9.53 Å². The summed E-state index contributed by atoms with van der Waals surface area (Å²) in [6, 6.07) is 10.2. The average molecular weight is 373 g/mol. The van der Waals surface area contributed by atoms with Gasteiger partial charge in [0.15, 0.2) is 5.13 Å². The van der Waals surface area contributed by atoms with Crippen molar-refractivity contribution in [1.82, 2.24) is 9.88 Å². The van der Waals surface area contributed by atoms with Gasteiger partial charge in [0.25, 0.3) is 5.91 Å². The number of hydrogen-bond donors (Lipinski definition) is 2. The van der Waals surface area contributed by atoms with Gasteiger partial charge in [0.05, 0.1) is 9.58 Å². The average Bonchev–Trinajstić information content (AvgIpc) is 3.15. The van der Waals surface area contributed by atoms with Crippen LogP contribution in [0.3, 0.4) is 0 Å². The SMILES string of the molecule is Cc1ccccc1Nc1nc2sc(C(=O)N3CCCC(N)C3)cc2s1. The lowest BCUT2D eigenvalue weighted by atomic mass is 10.1. The van der Waals surface area contributed by atoms with Crippen molar-refractivity contribution >= 4 is 48.9 Å². The Bertz CT molecular complexity index is 885. The summed E-state index contributed by atoms with van der Waals surface area (Å²) >= 11 is 3.04. The van der Waals surface area contributed by atoms with E-state index in [2.05, 4.69) is 23.3 Å². The summed E-state index contributed by atoms with van der Waals surface area (Å²) in [4.78, 5) is 20.9. The third-order valence-electron chi connectivity index (χ3n) is 4.43. The molecule has 130 valence electrons. The molecule has 4 rings (SSSR count). The molecule has 1 amide bonds. The first kappa shape index (κ1) is 16.5. The molecule has 25 heavy (non-hydrogen) atoms. The summed E-state index contributed by atoms with van der Waals surface area (Å²) in [5.74, 6) is 0.0822. The van der Waals surface area contributed by atoms with Crippen molar-refractivity contribution < 1.29 is 4.79 Å². The van der Waals surface area contributed by atoms with Crippen molar-refractivity contribution in [1.29, 1.82) is 0 Å². The van der Waals surface area contributed by atoms with Crippen LogP contribution < -0.4 is 11.1 Å². The van der Waals surface area contributed by atoms with Crippen molar-refractivity contribution in [2.75, 3.05) is 18.4 Å². The number of carbonyl (C=O) groups is 1. The summed E-state index contributed by atoms with van der Waals surface area (Å²) in [5, 5.41) is 4.22. The van der Waals surface area contributed by atoms with E-state index in [1.165, 1.54) is 16.9 Å². The van der Waals surface area contributed by atoms with Gasteiger partial charge < -0.3 is 16.0 Å². The van der Waals surface area contributed by atoms with E-state index in [0.29, 0.717) is 6.54 Å². The summed E-state index contributed by atoms with van der Waals surface area (Å²) in [6.07, 6.45) is 1.98. The molecule has 0 radical (unpaired) electrons. The standard InChI is InChI=1S/C18H20N4OS2/c1-11-5-2-3-7-13(11)20-18-21-16-14(25-18)9-15(24-16)17(23)22-8-4-6-12(19)10-22/h2-3,5,7,9,12H,4,6,8,10,19H2,1H3,(H,20,21). The molecule has 3 heterocycles. The molecule has 0 saturated carbocycles. The van der Waals surface area contributed by atoms with Crippen molar-refractivity contribution in [3.63, 3.8) is 0 Å². The molecule has 0 aliphatic carbocycles. The van der Waals surface area contributed by atoms with E-state index in [9.17, 15) is 4.79 Å². The first-order chi connectivity index (χ1) is 12.1. The zero-order valence-corrected chi connectivity index (χ0v) is 15.6. The maximum absolute atomic E-state index is 12.7. The Morgan fingerprint density at radius 3 is 2.96 bits per heavy atom. The van der Waals surface area contributed by atoms with Gasteiger partial charge in [-0.15, -0.1) is 11.3 Å². The second kappa shape index (κ2) is 6.74. The number of amides is 1. The highest BCUT2D eigenvalue weighted by Crippen LogP contribution is 2.35. The number of nitrogens with one attached hydrogen (secondary N) is 1. The smallest absolute Gasteiger partial charge is 0.264 e. The molecule has 1 fully saturated rings. The van der Waals surface area contributed by atoms with E-state index in [1.807, 2.05) is 29.2 Å². The molecule has 0 bridgehead atoms. The molecule has 3 aromatic rings. The lowest BCUT2D eigenvalue weighted by Gasteiger charge is -2.30. The molecule has 1 atom stereocenters. The topological polar surface area (TPSA) is 71.2 Å². The van der Waals surface area contributed by atoms with Gasteiger partial charge in [0.2, 0.25) is 0 Å². The number of likely N-dealkylation sites (tertiary alicyclic amines) is 1. The fraction of sp³-hybridized carbons (Fsp3) is 0.333. The quantitative estimate of drug-likeness (QED) is 0.730. The minimum absolute atomic E-state index is 0.0822. The third-order valence-corrected chi connectivity index (χ3v) is 6.50. The largest absolute Gasteiger partial charge is 0.336 e. The number of fused-ring (bicyclic) bond motifs is 1. The van der Waals surface area contributed by atoms with E-state index >= 15 is 0 Å². The predicted molar refractivity (Wildman–Crippen MR) is 105 cm³/mol. The number of thiazole rings is 1. The van der Waals surface area contributed by atoms with Gasteiger partial charge in [-0.3, -0.25) is 4.79 Å². The molecule has 1 saturated heterocycles. The summed E-state index contributed by atoms with van der Waals surface area (Å²) in [6.45, 7) is 3.52. The van der Waals surface area contributed by atoms with Crippen LogP contribution in [-0.4, -0.2) is 34.9 Å². The Kier molecular flexibility index (Phi) is 4.45. The molecule has 2 aromatic heterocycles. The van der Waals surface area contributed by atoms with Crippen LogP contribution in [0.4, 0.5) is 10.8 Å². The van der Waals surface area contributed by atoms with E-state index in [-0.39, 0.29) is 11.9 Å². The number of hydrogen-bond acceptors (Lipinski definition) is 6. The minimum Gasteiger partial charge on any atom is -0.336 e. The van der Waals surface area contributed by atoms with Crippen LogP contribution >= 0.6 is 22.7 Å². The molecule has 1 unspecified atom stereocenters. The summed E-state index contributed by atoms with van der Waals surface area (Å²) < 4.78 is 1.05. The van der Waals surface area contributed by atoms with E-state index in [4.69, 9.17) is 5.73 Å². The molecule has 7 heteroatoms. The van der Waals surface area contributed by atoms with Crippen molar-refractivity contribution in [2.24, 2.45) is 5.73 Å². The Hall–Kier alpha value is -1.96. The number of rotatable bonds is 3. The van der Waals surface area contributed by atoms with Crippen LogP contribution in [0.1, 0.15) is 28.1 Å². The van der Waals surface area contributed by atoms with Crippen LogP contribution in [0.5, 0.6) is 0 Å². The molecule has 0 spiro atoms. The number of aromatic nitrogens is 1. The first-order valence-corrected chi connectivity index (χ1v) is 10.0. The highest BCUT2D eigenvalue weighted by atomic mass is 32.1. The normalized spacial score (nSPS) is 17.8. The molecular weight excluding hydrogens is 352 g/mol. The second-order valence-corrected chi connectivity index (χ2v) is 8.45. The minimum atomic E-state index is 0.0822. The highest BCUT2D eigenvalue weighted by molar-refractivity contribution is 7.29. The summed E-state index contributed by atoms with van der Waals surface area (Å²) in [5.41, 5.74) is 8.23. The predicted octanol–water partition coefficient (Wildman–Crippen LogP) is 3.97. The molecule has 1 aliphatic heterocycles. The molecule has 5 nitrogen and oxygen atoms in total. The number of thiophene rings is 1. The maximum atomic E-state index is 12.7. The molecule has 3 N–H and O–H groups in total. The van der Waals surface area contributed by atoms with Crippen LogP contribution in [0.2, 0.25) is 0 Å². The number of anilines is 2. The van der Waals surface area contributed by atoms with Crippen LogP contribution in [0.15, 0.2) is 30.3 Å². The first-order valence-electron chi connectivity index (χ1n) is 8.38. The van der Waals surface area contributed by atoms with E-state index in [0.717, 1.165) is 44.6 Å². The van der Waals surface area contributed by atoms with Gasteiger partial charge in [-0.2, -0.15) is 0 Å². The second-order valence-electron chi connectivity index (χ2n) is 6.39. The van der Waals surface area contributed by atoms with E-state index in [1.54, 1.807) is 11.3 Å². The molecule has 1 aromatic carbocycles. The Morgan fingerprint density at radius 1 is 1.36 bits per heavy atom. The number of nitrogens with two attached hydrogens (primary N) is 1. The zero-order chi connectivity index (χ0) is 17.4. The van der Waals surface area contributed by atoms with Gasteiger partial charge in [-0.25, -0.2) is 4.98 Å². The Balaban J connectivity index is 1.53. The van der Waals surface area contributed by atoms with E-state index < -0.39 is 0 Å². The fourth-order valence-electron chi connectivity index (χ4n) is 3.07. The highest BCUT2D eigenvalue weighted by Gasteiger charge is 2.24. The number of para-hydroxylation sites is 1.